The predicted molar refractivity (Wildman–Crippen MR) is 43.0 cm³/mol. The van der Waals surface area contributed by atoms with Crippen LogP contribution in [0.5, 0.6) is 0 Å². The Bertz CT molecular complexity index is 84.4. The zero-order chi connectivity index (χ0) is 6.20. The fourth-order valence-corrected chi connectivity index (χ4v) is 3.60. The lowest BCUT2D eigenvalue weighted by molar-refractivity contribution is 0.902. The molecule has 1 fully saturated rings. The first-order chi connectivity index (χ1) is 3.69. The second-order valence-electron chi connectivity index (χ2n) is 2.98. The van der Waals surface area contributed by atoms with E-state index in [1.165, 1.54) is 6.42 Å². The van der Waals surface area contributed by atoms with Crippen molar-refractivity contribution < 1.29 is 0 Å². The third kappa shape index (κ3) is 1.02. The molecule has 0 aromatic rings. The molecule has 0 nitrogen and oxygen atoms in total. The van der Waals surface area contributed by atoms with Crippen molar-refractivity contribution in [3.8, 4) is 0 Å². The smallest absolute Gasteiger partial charge is 0.0145 e. The van der Waals surface area contributed by atoms with Gasteiger partial charge in [-0.05, 0) is 29.4 Å². The van der Waals surface area contributed by atoms with Crippen LogP contribution in [0.25, 0.3) is 0 Å². The van der Waals surface area contributed by atoms with E-state index in [2.05, 4.69) is 20.1 Å². The Labute approximate surface area is 54.0 Å². The minimum atomic E-state index is -0.00289. The maximum atomic E-state index is 2.49. The van der Waals surface area contributed by atoms with E-state index >= 15 is 0 Å². The zero-order valence-electron chi connectivity index (χ0n) is 6.11. The molecular formula is C7H16S. The van der Waals surface area contributed by atoms with Crippen molar-refractivity contribution in [2.24, 2.45) is 0 Å². The molecular weight excluding hydrogens is 116 g/mol. The number of hydrogen-bond acceptors (Lipinski definition) is 0. The van der Waals surface area contributed by atoms with Crippen molar-refractivity contribution in [3.05, 3.63) is 0 Å². The fourth-order valence-electron chi connectivity index (χ4n) is 0.936. The summed E-state index contributed by atoms with van der Waals surface area (Å²) < 4.78 is 0. The first-order valence-electron chi connectivity index (χ1n) is 3.41. The zero-order valence-corrected chi connectivity index (χ0v) is 6.92. The summed E-state index contributed by atoms with van der Waals surface area (Å²) in [5.41, 5.74) is 0. The lowest BCUT2D eigenvalue weighted by Gasteiger charge is -2.21. The summed E-state index contributed by atoms with van der Waals surface area (Å²) in [5, 5.41) is 1.04. The van der Waals surface area contributed by atoms with Gasteiger partial charge in [0.1, 0.15) is 0 Å². The van der Waals surface area contributed by atoms with E-state index in [1.807, 2.05) is 0 Å². The molecule has 1 unspecified atom stereocenters. The van der Waals surface area contributed by atoms with Gasteiger partial charge in [-0.25, -0.2) is 10.0 Å². The fraction of sp³-hybridized carbons (Fsp3) is 1.00. The second kappa shape index (κ2) is 1.94. The van der Waals surface area contributed by atoms with E-state index in [0.717, 1.165) is 5.25 Å². The van der Waals surface area contributed by atoms with Gasteiger partial charge in [0.2, 0.25) is 0 Å². The summed E-state index contributed by atoms with van der Waals surface area (Å²) >= 11 is 0. The maximum absolute atomic E-state index is 2.49. The maximum Gasteiger partial charge on any atom is -0.0145 e. The van der Waals surface area contributed by atoms with E-state index < -0.39 is 0 Å². The Morgan fingerprint density at radius 1 is 1.50 bits per heavy atom. The molecule has 0 N–H and O–H groups in total. The lowest BCUT2D eigenvalue weighted by Crippen LogP contribution is -2.00. The van der Waals surface area contributed by atoms with Crippen LogP contribution in [-0.4, -0.2) is 23.0 Å². The first kappa shape index (κ1) is 6.47. The minimum Gasteiger partial charge on any atom is -0.240 e. The summed E-state index contributed by atoms with van der Waals surface area (Å²) in [5.74, 6) is 3.12. The number of hydrogen-bond donors (Lipinski definition) is 0. The minimum absolute atomic E-state index is 0.00289. The summed E-state index contributed by atoms with van der Waals surface area (Å²) in [6.45, 7) is 4.71. The normalized spacial score (nSPS) is 31.4. The molecule has 0 spiro atoms. The van der Waals surface area contributed by atoms with E-state index in [9.17, 15) is 0 Å². The van der Waals surface area contributed by atoms with Gasteiger partial charge in [-0.2, -0.15) is 0 Å². The van der Waals surface area contributed by atoms with Crippen LogP contribution < -0.4 is 0 Å². The average molecular weight is 132 g/mol. The third-order valence-electron chi connectivity index (χ3n) is 2.39. The molecule has 1 heteroatoms. The van der Waals surface area contributed by atoms with Crippen LogP contribution in [-0.2, 0) is 0 Å². The molecule has 0 aromatic carbocycles. The van der Waals surface area contributed by atoms with Gasteiger partial charge in [0, 0.05) is 0 Å². The molecule has 0 amide bonds. The molecule has 1 aliphatic heterocycles. The van der Waals surface area contributed by atoms with Crippen LogP contribution >= 0.6 is 10.0 Å². The van der Waals surface area contributed by atoms with Crippen LogP contribution in [0.2, 0.25) is 0 Å². The summed E-state index contributed by atoms with van der Waals surface area (Å²) in [6.07, 6.45) is 3.88. The van der Waals surface area contributed by atoms with Crippen LogP contribution in [0.3, 0.4) is 0 Å². The average Bonchev–Trinajstić information content (AvgIpc) is 2.47. The van der Waals surface area contributed by atoms with E-state index in [4.69, 9.17) is 0 Å². The molecule has 0 aliphatic carbocycles. The van der Waals surface area contributed by atoms with Crippen LogP contribution in [0.15, 0.2) is 0 Å². The van der Waals surface area contributed by atoms with Crippen molar-refractivity contribution in [2.45, 2.75) is 25.5 Å². The molecule has 0 bridgehead atoms. The van der Waals surface area contributed by atoms with Gasteiger partial charge < -0.3 is 0 Å². The largest absolute Gasteiger partial charge is 0.240 e. The summed E-state index contributed by atoms with van der Waals surface area (Å²) in [7, 11) is -0.00289. The molecule has 8 heavy (non-hydrogen) atoms. The second-order valence-corrected chi connectivity index (χ2v) is 7.30. The standard InChI is InChI=1S/C7H16S/c1-4-7(2)8(3)5-6-8/h7H,4-6H2,1-3H3. The highest BCUT2D eigenvalue weighted by molar-refractivity contribution is 8.39. The Kier molecular flexibility index (Phi) is 1.57. The van der Waals surface area contributed by atoms with Crippen molar-refractivity contribution in [1.82, 2.24) is 0 Å². The Morgan fingerprint density at radius 2 is 2.00 bits per heavy atom. The topological polar surface area (TPSA) is 0 Å². The SMILES string of the molecule is CCC(C)S1(C)CC1. The Hall–Kier alpha value is 0.350. The van der Waals surface area contributed by atoms with Crippen molar-refractivity contribution in [1.29, 1.82) is 0 Å². The van der Waals surface area contributed by atoms with Gasteiger partial charge in [-0.1, -0.05) is 13.8 Å². The molecule has 1 rings (SSSR count). The predicted octanol–water partition coefficient (Wildman–Crippen LogP) is 2.23. The molecule has 1 saturated heterocycles. The molecule has 0 saturated carbocycles. The summed E-state index contributed by atoms with van der Waals surface area (Å²) in [4.78, 5) is 0. The van der Waals surface area contributed by atoms with E-state index in [0.29, 0.717) is 0 Å². The lowest BCUT2D eigenvalue weighted by atomic mass is 10.4. The van der Waals surface area contributed by atoms with E-state index in [1.54, 1.807) is 11.5 Å². The monoisotopic (exact) mass is 132 g/mol. The molecule has 0 radical (unpaired) electrons. The van der Waals surface area contributed by atoms with Gasteiger partial charge >= 0.3 is 0 Å². The van der Waals surface area contributed by atoms with Gasteiger partial charge in [0.05, 0.1) is 0 Å². The van der Waals surface area contributed by atoms with Crippen LogP contribution in [0, 0.1) is 0 Å². The molecule has 1 heterocycles. The van der Waals surface area contributed by atoms with Gasteiger partial charge in [-0.15, -0.1) is 0 Å². The van der Waals surface area contributed by atoms with E-state index in [-0.39, 0.29) is 10.0 Å². The third-order valence-corrected chi connectivity index (χ3v) is 6.37. The summed E-state index contributed by atoms with van der Waals surface area (Å²) in [6, 6.07) is 0. The van der Waals surface area contributed by atoms with Gasteiger partial charge in [-0.3, -0.25) is 0 Å². The first-order valence-corrected chi connectivity index (χ1v) is 5.86. The van der Waals surface area contributed by atoms with Gasteiger partial charge in [0.15, 0.2) is 0 Å². The Morgan fingerprint density at radius 3 is 2.12 bits per heavy atom. The molecule has 50 valence electrons. The number of rotatable bonds is 2. The van der Waals surface area contributed by atoms with Crippen LogP contribution in [0.4, 0.5) is 0 Å². The highest BCUT2D eigenvalue weighted by Gasteiger charge is 2.35. The quantitative estimate of drug-likeness (QED) is 0.505. The van der Waals surface area contributed by atoms with Crippen molar-refractivity contribution in [3.63, 3.8) is 0 Å². The molecule has 0 aromatic heterocycles. The molecule has 1 atom stereocenters. The van der Waals surface area contributed by atoms with Gasteiger partial charge in [0.25, 0.3) is 0 Å². The van der Waals surface area contributed by atoms with Crippen molar-refractivity contribution >= 4 is 10.0 Å². The highest BCUT2D eigenvalue weighted by atomic mass is 32.3. The Balaban J connectivity index is 2.34. The van der Waals surface area contributed by atoms with Crippen molar-refractivity contribution in [2.75, 3.05) is 17.8 Å². The highest BCUT2D eigenvalue weighted by Crippen LogP contribution is 2.62. The molecule has 1 aliphatic rings. The van der Waals surface area contributed by atoms with Crippen LogP contribution in [0.1, 0.15) is 20.3 Å².